The van der Waals surface area contributed by atoms with E-state index in [2.05, 4.69) is 21.2 Å². The zero-order valence-electron chi connectivity index (χ0n) is 10.4. The van der Waals surface area contributed by atoms with E-state index in [0.717, 1.165) is 10.9 Å². The Hall–Kier alpha value is -0.780. The largest absolute Gasteiger partial charge is 0.316 e. The Morgan fingerprint density at radius 1 is 1.21 bits per heavy atom. The van der Waals surface area contributed by atoms with Crippen molar-refractivity contribution in [2.24, 2.45) is 0 Å². The molecule has 19 heavy (non-hydrogen) atoms. The highest BCUT2D eigenvalue weighted by molar-refractivity contribution is 9.10. The Kier molecular flexibility index (Phi) is 5.07. The number of halogens is 3. The van der Waals surface area contributed by atoms with Crippen LogP contribution in [0.2, 0.25) is 0 Å². The Balaban J connectivity index is 2.13. The van der Waals surface area contributed by atoms with Crippen molar-refractivity contribution in [2.75, 3.05) is 7.05 Å². The topological polar surface area (TPSA) is 12.0 Å². The fraction of sp³-hybridized carbons (Fsp3) is 0.286. The third-order valence-corrected chi connectivity index (χ3v) is 4.99. The predicted molar refractivity (Wildman–Crippen MR) is 78.6 cm³/mol. The van der Waals surface area contributed by atoms with Crippen molar-refractivity contribution in [3.63, 3.8) is 0 Å². The lowest BCUT2D eigenvalue weighted by atomic mass is 10.0. The number of rotatable bonds is 5. The van der Waals surface area contributed by atoms with Crippen LogP contribution in [0.1, 0.15) is 10.4 Å². The van der Waals surface area contributed by atoms with Crippen LogP contribution < -0.4 is 5.32 Å². The van der Waals surface area contributed by atoms with E-state index in [0.29, 0.717) is 6.42 Å². The highest BCUT2D eigenvalue weighted by Crippen LogP contribution is 2.25. The highest BCUT2D eigenvalue weighted by Gasteiger charge is 2.16. The molecule has 0 saturated carbocycles. The van der Waals surface area contributed by atoms with Crippen molar-refractivity contribution >= 4 is 27.3 Å². The van der Waals surface area contributed by atoms with E-state index >= 15 is 0 Å². The van der Waals surface area contributed by atoms with Gasteiger partial charge in [0.25, 0.3) is 0 Å². The van der Waals surface area contributed by atoms with E-state index < -0.39 is 11.6 Å². The third-order valence-electron chi connectivity index (χ3n) is 3.04. The summed E-state index contributed by atoms with van der Waals surface area (Å²) in [5, 5.41) is 5.12. The molecule has 1 unspecified atom stereocenters. The van der Waals surface area contributed by atoms with Crippen molar-refractivity contribution in [2.45, 2.75) is 18.9 Å². The van der Waals surface area contributed by atoms with Crippen molar-refractivity contribution in [3.8, 4) is 0 Å². The molecule has 1 atom stereocenters. The van der Waals surface area contributed by atoms with Gasteiger partial charge in [0.15, 0.2) is 0 Å². The highest BCUT2D eigenvalue weighted by atomic mass is 79.9. The summed E-state index contributed by atoms with van der Waals surface area (Å²) in [6.07, 6.45) is 1.07. The lowest BCUT2D eigenvalue weighted by Gasteiger charge is -2.16. The molecule has 1 nitrogen and oxygen atoms in total. The third kappa shape index (κ3) is 3.61. The van der Waals surface area contributed by atoms with Crippen LogP contribution in [0.4, 0.5) is 8.78 Å². The smallest absolute Gasteiger partial charge is 0.129 e. The summed E-state index contributed by atoms with van der Waals surface area (Å²) in [4.78, 5) is 1.18. The van der Waals surface area contributed by atoms with Gasteiger partial charge in [-0.25, -0.2) is 8.78 Å². The van der Waals surface area contributed by atoms with Gasteiger partial charge in [-0.3, -0.25) is 0 Å². The van der Waals surface area contributed by atoms with Crippen molar-refractivity contribution in [1.82, 2.24) is 5.32 Å². The summed E-state index contributed by atoms with van der Waals surface area (Å²) >= 11 is 5.11. The van der Waals surface area contributed by atoms with E-state index in [1.165, 1.54) is 23.1 Å². The molecule has 1 aromatic carbocycles. The number of nitrogens with one attached hydrogen (secondary N) is 1. The molecule has 0 aliphatic carbocycles. The van der Waals surface area contributed by atoms with Crippen LogP contribution in [0.25, 0.3) is 0 Å². The van der Waals surface area contributed by atoms with Crippen molar-refractivity contribution in [1.29, 1.82) is 0 Å². The first-order chi connectivity index (χ1) is 9.11. The zero-order valence-corrected chi connectivity index (χ0v) is 12.8. The summed E-state index contributed by atoms with van der Waals surface area (Å²) in [6.45, 7) is 0. The van der Waals surface area contributed by atoms with E-state index in [4.69, 9.17) is 0 Å². The Morgan fingerprint density at radius 2 is 1.89 bits per heavy atom. The second kappa shape index (κ2) is 6.59. The van der Waals surface area contributed by atoms with Crippen molar-refractivity contribution < 1.29 is 8.78 Å². The number of thiophene rings is 1. The summed E-state index contributed by atoms with van der Waals surface area (Å²) in [5.41, 5.74) is 0.148. The minimum absolute atomic E-state index is 0.00125. The first kappa shape index (κ1) is 14.6. The number of benzene rings is 1. The van der Waals surface area contributed by atoms with Crippen LogP contribution in [-0.4, -0.2) is 13.1 Å². The minimum Gasteiger partial charge on any atom is -0.316 e. The van der Waals surface area contributed by atoms with Crippen LogP contribution in [0, 0.1) is 11.6 Å². The monoisotopic (exact) mass is 345 g/mol. The van der Waals surface area contributed by atoms with Gasteiger partial charge >= 0.3 is 0 Å². The lowest BCUT2D eigenvalue weighted by molar-refractivity contribution is 0.503. The molecular formula is C14H14BrF2NS. The first-order valence-corrected chi connectivity index (χ1v) is 7.61. The molecule has 1 aromatic heterocycles. The molecule has 0 fully saturated rings. The molecule has 0 aliphatic heterocycles. The van der Waals surface area contributed by atoms with Crippen LogP contribution in [-0.2, 0) is 12.8 Å². The molecule has 1 heterocycles. The SMILES string of the molecule is CNC(Cc1sccc1Br)Cc1c(F)cccc1F. The molecule has 0 saturated heterocycles. The van der Waals surface area contributed by atoms with Gasteiger partial charge in [0, 0.05) is 21.0 Å². The molecule has 0 amide bonds. The molecule has 0 bridgehead atoms. The molecule has 2 rings (SSSR count). The maximum Gasteiger partial charge on any atom is 0.129 e. The zero-order chi connectivity index (χ0) is 13.8. The summed E-state index contributed by atoms with van der Waals surface area (Å²) < 4.78 is 28.3. The van der Waals surface area contributed by atoms with Gasteiger partial charge in [0.05, 0.1) is 0 Å². The molecule has 2 aromatic rings. The first-order valence-electron chi connectivity index (χ1n) is 5.94. The fourth-order valence-electron chi connectivity index (χ4n) is 1.94. The van der Waals surface area contributed by atoms with Crippen LogP contribution in [0.15, 0.2) is 34.1 Å². The van der Waals surface area contributed by atoms with Gasteiger partial charge in [-0.15, -0.1) is 11.3 Å². The van der Waals surface area contributed by atoms with Crippen molar-refractivity contribution in [3.05, 3.63) is 56.2 Å². The summed E-state index contributed by atoms with van der Waals surface area (Å²) in [6, 6.07) is 5.97. The lowest BCUT2D eigenvalue weighted by Crippen LogP contribution is -2.30. The quantitative estimate of drug-likeness (QED) is 0.857. The Labute approximate surface area is 123 Å². The predicted octanol–water partition coefficient (Wildman–Crippen LogP) is 4.16. The van der Waals surface area contributed by atoms with E-state index in [1.54, 1.807) is 11.3 Å². The summed E-state index contributed by atoms with van der Waals surface area (Å²) in [5.74, 6) is -0.962. The molecule has 0 radical (unpaired) electrons. The minimum atomic E-state index is -0.481. The van der Waals surface area contributed by atoms with E-state index in [-0.39, 0.29) is 11.6 Å². The van der Waals surface area contributed by atoms with Crippen LogP contribution in [0.5, 0.6) is 0 Å². The van der Waals surface area contributed by atoms with Gasteiger partial charge in [-0.1, -0.05) is 6.07 Å². The number of hydrogen-bond donors (Lipinski definition) is 1. The molecular weight excluding hydrogens is 332 g/mol. The van der Waals surface area contributed by atoms with Gasteiger partial charge in [0.1, 0.15) is 11.6 Å². The molecule has 102 valence electrons. The Morgan fingerprint density at radius 3 is 2.42 bits per heavy atom. The van der Waals surface area contributed by atoms with Gasteiger partial charge in [-0.05, 0) is 59.4 Å². The van der Waals surface area contributed by atoms with Gasteiger partial charge in [0.2, 0.25) is 0 Å². The second-order valence-corrected chi connectivity index (χ2v) is 6.14. The molecule has 5 heteroatoms. The summed E-state index contributed by atoms with van der Waals surface area (Å²) in [7, 11) is 1.81. The maximum atomic E-state index is 13.6. The van der Waals surface area contributed by atoms with E-state index in [1.807, 2.05) is 18.5 Å². The molecule has 0 spiro atoms. The Bertz CT molecular complexity index is 536. The van der Waals surface area contributed by atoms with Crippen LogP contribution in [0.3, 0.4) is 0 Å². The van der Waals surface area contributed by atoms with E-state index in [9.17, 15) is 8.78 Å². The normalized spacial score (nSPS) is 12.6. The average Bonchev–Trinajstić information content (AvgIpc) is 2.78. The van der Waals surface area contributed by atoms with Gasteiger partial charge < -0.3 is 5.32 Å². The molecule has 0 aliphatic rings. The number of likely N-dealkylation sites (N-methyl/N-ethyl adjacent to an activating group) is 1. The van der Waals surface area contributed by atoms with Crippen LogP contribution >= 0.6 is 27.3 Å². The molecule has 1 N–H and O–H groups in total. The second-order valence-electron chi connectivity index (χ2n) is 4.29. The van der Waals surface area contributed by atoms with Gasteiger partial charge in [-0.2, -0.15) is 0 Å². The number of hydrogen-bond acceptors (Lipinski definition) is 2. The standard InChI is InChI=1S/C14H14BrF2NS/c1-18-9(8-14-11(15)5-6-19-14)7-10-12(16)3-2-4-13(10)17/h2-6,9,18H,7-8H2,1H3. The fourth-order valence-corrected chi connectivity index (χ4v) is 3.54. The maximum absolute atomic E-state index is 13.6. The average molecular weight is 346 g/mol.